The van der Waals surface area contributed by atoms with E-state index in [9.17, 15) is 4.79 Å². The Hall–Kier alpha value is -1.75. The third-order valence-electron chi connectivity index (χ3n) is 2.99. The Morgan fingerprint density at radius 2 is 2.20 bits per heavy atom. The number of benzene rings is 1. The van der Waals surface area contributed by atoms with Crippen LogP contribution in [0.1, 0.15) is 19.8 Å². The minimum absolute atomic E-state index is 0.327. The first-order valence-corrected chi connectivity index (χ1v) is 6.97. The molecular formula is C15H25N3O2. The molecule has 0 heterocycles. The summed E-state index contributed by atoms with van der Waals surface area (Å²) in [6, 6.07) is 7.52. The van der Waals surface area contributed by atoms with E-state index in [1.807, 2.05) is 50.2 Å². The Bertz CT molecular complexity index is 421. The molecule has 0 aromatic heterocycles. The molecule has 1 atom stereocenters. The summed E-state index contributed by atoms with van der Waals surface area (Å²) >= 11 is 0. The second kappa shape index (κ2) is 8.43. The van der Waals surface area contributed by atoms with Crippen molar-refractivity contribution in [1.29, 1.82) is 0 Å². The first kappa shape index (κ1) is 16.3. The van der Waals surface area contributed by atoms with Gasteiger partial charge in [0.15, 0.2) is 0 Å². The number of rotatable bonds is 9. The molecule has 1 rings (SSSR count). The van der Waals surface area contributed by atoms with Gasteiger partial charge in [-0.1, -0.05) is 13.0 Å². The highest BCUT2D eigenvalue weighted by Gasteiger charge is 2.13. The van der Waals surface area contributed by atoms with Crippen LogP contribution in [0.15, 0.2) is 24.3 Å². The lowest BCUT2D eigenvalue weighted by Crippen LogP contribution is -2.42. The second-order valence-corrected chi connectivity index (χ2v) is 4.94. The normalized spacial score (nSPS) is 11.9. The zero-order chi connectivity index (χ0) is 15.0. The summed E-state index contributed by atoms with van der Waals surface area (Å²) in [5, 5.41) is 3.12. The average molecular weight is 279 g/mol. The van der Waals surface area contributed by atoms with Crippen LogP contribution in [0.2, 0.25) is 0 Å². The van der Waals surface area contributed by atoms with Gasteiger partial charge in [-0.15, -0.1) is 0 Å². The van der Waals surface area contributed by atoms with E-state index < -0.39 is 0 Å². The molecule has 1 aromatic rings. The van der Waals surface area contributed by atoms with E-state index in [0.717, 1.165) is 24.4 Å². The monoisotopic (exact) mass is 279 g/mol. The molecule has 0 radical (unpaired) electrons. The minimum atomic E-state index is -0.330. The molecule has 1 amide bonds. The van der Waals surface area contributed by atoms with Crippen molar-refractivity contribution in [2.24, 2.45) is 5.73 Å². The lowest BCUT2D eigenvalue weighted by atomic mass is 10.2. The number of primary amides is 1. The van der Waals surface area contributed by atoms with E-state index in [2.05, 4.69) is 5.32 Å². The van der Waals surface area contributed by atoms with Crippen LogP contribution >= 0.6 is 0 Å². The molecule has 0 aliphatic carbocycles. The highest BCUT2D eigenvalue weighted by atomic mass is 16.5. The van der Waals surface area contributed by atoms with Crippen LogP contribution in [0.5, 0.6) is 5.75 Å². The Labute approximate surface area is 121 Å². The molecule has 0 saturated heterocycles. The summed E-state index contributed by atoms with van der Waals surface area (Å²) in [5.74, 6) is 0.471. The number of nitrogens with zero attached hydrogens (tertiary/aromatic N) is 1. The van der Waals surface area contributed by atoms with Gasteiger partial charge in [0.25, 0.3) is 0 Å². The summed E-state index contributed by atoms with van der Waals surface area (Å²) in [7, 11) is 3.97. The second-order valence-electron chi connectivity index (χ2n) is 4.94. The highest BCUT2D eigenvalue weighted by molar-refractivity contribution is 5.79. The van der Waals surface area contributed by atoms with Crippen LogP contribution in [0.25, 0.3) is 0 Å². The lowest BCUT2D eigenvalue weighted by molar-refractivity contribution is -0.120. The molecule has 1 unspecified atom stereocenters. The van der Waals surface area contributed by atoms with E-state index in [-0.39, 0.29) is 11.9 Å². The molecule has 20 heavy (non-hydrogen) atoms. The summed E-state index contributed by atoms with van der Waals surface area (Å²) in [5.41, 5.74) is 6.44. The summed E-state index contributed by atoms with van der Waals surface area (Å²) in [4.78, 5) is 13.3. The summed E-state index contributed by atoms with van der Waals surface area (Å²) in [6.07, 6.45) is 1.54. The molecule has 0 fully saturated rings. The van der Waals surface area contributed by atoms with Gasteiger partial charge in [0, 0.05) is 32.3 Å². The number of nitrogens with one attached hydrogen (secondary N) is 1. The van der Waals surface area contributed by atoms with Crippen molar-refractivity contribution in [3.8, 4) is 5.75 Å². The van der Waals surface area contributed by atoms with Crippen LogP contribution in [-0.2, 0) is 4.79 Å². The molecule has 0 saturated carbocycles. The van der Waals surface area contributed by atoms with Crippen molar-refractivity contribution in [3.63, 3.8) is 0 Å². The predicted octanol–water partition coefficient (Wildman–Crippen LogP) is 1.38. The first-order chi connectivity index (χ1) is 9.54. The fourth-order valence-electron chi connectivity index (χ4n) is 1.81. The van der Waals surface area contributed by atoms with Gasteiger partial charge in [-0.2, -0.15) is 0 Å². The van der Waals surface area contributed by atoms with Gasteiger partial charge in [-0.05, 0) is 25.1 Å². The number of ether oxygens (including phenoxy) is 1. The van der Waals surface area contributed by atoms with E-state index in [0.29, 0.717) is 13.0 Å². The zero-order valence-corrected chi connectivity index (χ0v) is 12.6. The van der Waals surface area contributed by atoms with Crippen molar-refractivity contribution in [1.82, 2.24) is 5.32 Å². The third-order valence-corrected chi connectivity index (χ3v) is 2.99. The quantitative estimate of drug-likeness (QED) is 0.716. The standard InChI is InChI=1S/C15H25N3O2/c1-4-9-17-14(15(16)19)8-10-20-13-7-5-6-12(11-13)18(2)3/h5-7,11,14,17H,4,8-10H2,1-3H3,(H2,16,19). The molecule has 0 spiro atoms. The van der Waals surface area contributed by atoms with Crippen LogP contribution in [0.4, 0.5) is 5.69 Å². The molecule has 0 bridgehead atoms. The maximum atomic E-state index is 11.3. The van der Waals surface area contributed by atoms with Gasteiger partial charge < -0.3 is 20.7 Å². The van der Waals surface area contributed by atoms with Crippen molar-refractivity contribution < 1.29 is 9.53 Å². The van der Waals surface area contributed by atoms with Gasteiger partial charge in [0.1, 0.15) is 5.75 Å². The number of anilines is 1. The number of nitrogens with two attached hydrogens (primary N) is 1. The van der Waals surface area contributed by atoms with Crippen LogP contribution in [-0.4, -0.2) is 39.2 Å². The van der Waals surface area contributed by atoms with Crippen LogP contribution in [0.3, 0.4) is 0 Å². The SMILES string of the molecule is CCCNC(CCOc1cccc(N(C)C)c1)C(N)=O. The fourth-order valence-corrected chi connectivity index (χ4v) is 1.81. The van der Waals surface area contributed by atoms with Crippen molar-refractivity contribution in [2.75, 3.05) is 32.1 Å². The summed E-state index contributed by atoms with van der Waals surface area (Å²) in [6.45, 7) is 3.29. The maximum Gasteiger partial charge on any atom is 0.234 e. The van der Waals surface area contributed by atoms with Gasteiger partial charge >= 0.3 is 0 Å². The highest BCUT2D eigenvalue weighted by Crippen LogP contribution is 2.19. The van der Waals surface area contributed by atoms with Gasteiger partial charge in [0.2, 0.25) is 5.91 Å². The minimum Gasteiger partial charge on any atom is -0.493 e. The number of carbonyl (C=O) groups excluding carboxylic acids is 1. The lowest BCUT2D eigenvalue weighted by Gasteiger charge is -2.16. The Balaban J connectivity index is 2.46. The van der Waals surface area contributed by atoms with E-state index in [4.69, 9.17) is 10.5 Å². The number of amides is 1. The largest absolute Gasteiger partial charge is 0.493 e. The van der Waals surface area contributed by atoms with Crippen LogP contribution in [0, 0.1) is 0 Å². The smallest absolute Gasteiger partial charge is 0.234 e. The van der Waals surface area contributed by atoms with Crippen molar-refractivity contribution in [3.05, 3.63) is 24.3 Å². The van der Waals surface area contributed by atoms with Crippen LogP contribution < -0.4 is 20.7 Å². The number of hydrogen-bond acceptors (Lipinski definition) is 4. The number of carbonyl (C=O) groups is 1. The summed E-state index contributed by atoms with van der Waals surface area (Å²) < 4.78 is 5.68. The fraction of sp³-hybridized carbons (Fsp3) is 0.533. The van der Waals surface area contributed by atoms with Gasteiger partial charge in [0.05, 0.1) is 12.6 Å². The molecular weight excluding hydrogens is 254 g/mol. The van der Waals surface area contributed by atoms with Gasteiger partial charge in [-0.25, -0.2) is 0 Å². The molecule has 5 heteroatoms. The van der Waals surface area contributed by atoms with Crippen molar-refractivity contribution in [2.45, 2.75) is 25.8 Å². The Morgan fingerprint density at radius 1 is 1.45 bits per heavy atom. The third kappa shape index (κ3) is 5.48. The average Bonchev–Trinajstić information content (AvgIpc) is 2.42. The van der Waals surface area contributed by atoms with Gasteiger partial charge in [-0.3, -0.25) is 4.79 Å². The molecule has 1 aromatic carbocycles. The first-order valence-electron chi connectivity index (χ1n) is 6.97. The van der Waals surface area contributed by atoms with E-state index in [1.165, 1.54) is 0 Å². The van der Waals surface area contributed by atoms with E-state index in [1.54, 1.807) is 0 Å². The molecule has 0 aliphatic rings. The number of hydrogen-bond donors (Lipinski definition) is 2. The van der Waals surface area contributed by atoms with E-state index >= 15 is 0 Å². The predicted molar refractivity (Wildman–Crippen MR) is 82.2 cm³/mol. The molecule has 0 aliphatic heterocycles. The van der Waals surface area contributed by atoms with Crippen molar-refractivity contribution >= 4 is 11.6 Å². The Kier molecular flexibility index (Phi) is 6.87. The topological polar surface area (TPSA) is 67.6 Å². The molecule has 112 valence electrons. The maximum absolute atomic E-state index is 11.3. The molecule has 5 nitrogen and oxygen atoms in total. The zero-order valence-electron chi connectivity index (χ0n) is 12.6. The Morgan fingerprint density at radius 3 is 2.80 bits per heavy atom. The molecule has 3 N–H and O–H groups in total.